The molecule has 0 amide bonds. The van der Waals surface area contributed by atoms with Gasteiger partial charge >= 0.3 is 24.2 Å². The summed E-state index contributed by atoms with van der Waals surface area (Å²) < 4.78 is 31.7. The van der Waals surface area contributed by atoms with Crippen molar-refractivity contribution in [3.63, 3.8) is 0 Å². The third-order valence-corrected chi connectivity index (χ3v) is 5.20. The SMILES string of the molecule is CCCCCC(=O)O[C@@H](C)[C@H](C)OC(=O)[C@@H](N)Cc1ccc(OC(=O)OC(C)(C)C)c(OC(=O)OC(C)(C)C)c1. The van der Waals surface area contributed by atoms with Crippen molar-refractivity contribution in [3.05, 3.63) is 23.8 Å². The maximum atomic E-state index is 12.6. The predicted molar refractivity (Wildman–Crippen MR) is 147 cm³/mol. The van der Waals surface area contributed by atoms with Crippen molar-refractivity contribution in [2.75, 3.05) is 0 Å². The highest BCUT2D eigenvalue weighted by molar-refractivity contribution is 5.76. The van der Waals surface area contributed by atoms with Crippen LogP contribution in [-0.4, -0.2) is 53.7 Å². The van der Waals surface area contributed by atoms with E-state index in [0.29, 0.717) is 12.0 Å². The Bertz CT molecular complexity index is 1010. The maximum absolute atomic E-state index is 12.6. The van der Waals surface area contributed by atoms with E-state index in [-0.39, 0.29) is 23.9 Å². The summed E-state index contributed by atoms with van der Waals surface area (Å²) in [6.07, 6.45) is -0.411. The molecule has 226 valence electrons. The number of unbranched alkanes of at least 4 members (excludes halogenated alkanes) is 2. The van der Waals surface area contributed by atoms with E-state index in [2.05, 4.69) is 0 Å². The Morgan fingerprint density at radius 1 is 0.800 bits per heavy atom. The van der Waals surface area contributed by atoms with Crippen LogP contribution in [0.5, 0.6) is 11.5 Å². The minimum atomic E-state index is -1.08. The van der Waals surface area contributed by atoms with Crippen molar-refractivity contribution in [1.82, 2.24) is 0 Å². The Balaban J connectivity index is 2.93. The molecule has 1 aromatic rings. The second-order valence-corrected chi connectivity index (χ2v) is 11.5. The van der Waals surface area contributed by atoms with Gasteiger partial charge in [-0.2, -0.15) is 0 Å². The summed E-state index contributed by atoms with van der Waals surface area (Å²) in [6, 6.07) is 3.27. The largest absolute Gasteiger partial charge is 0.514 e. The summed E-state index contributed by atoms with van der Waals surface area (Å²) in [5.41, 5.74) is 4.94. The van der Waals surface area contributed by atoms with Gasteiger partial charge in [-0.1, -0.05) is 25.8 Å². The summed E-state index contributed by atoms with van der Waals surface area (Å²) in [5.74, 6) is -1.28. The second-order valence-electron chi connectivity index (χ2n) is 11.5. The van der Waals surface area contributed by atoms with Crippen molar-refractivity contribution < 1.29 is 47.6 Å². The van der Waals surface area contributed by atoms with E-state index < -0.39 is 47.7 Å². The van der Waals surface area contributed by atoms with Gasteiger partial charge in [-0.15, -0.1) is 0 Å². The van der Waals surface area contributed by atoms with E-state index in [1.165, 1.54) is 12.1 Å². The van der Waals surface area contributed by atoms with Crippen LogP contribution < -0.4 is 15.2 Å². The first-order valence-corrected chi connectivity index (χ1v) is 13.5. The molecule has 0 aromatic heterocycles. The quantitative estimate of drug-likeness (QED) is 0.145. The van der Waals surface area contributed by atoms with Gasteiger partial charge in [0.25, 0.3) is 0 Å². The van der Waals surface area contributed by atoms with Gasteiger partial charge in [0.15, 0.2) is 11.5 Å². The zero-order chi connectivity index (χ0) is 30.7. The summed E-state index contributed by atoms with van der Waals surface area (Å²) in [7, 11) is 0. The first-order chi connectivity index (χ1) is 18.4. The second kappa shape index (κ2) is 15.4. The van der Waals surface area contributed by atoms with Crippen LogP contribution in [0.4, 0.5) is 9.59 Å². The van der Waals surface area contributed by atoms with Crippen molar-refractivity contribution >= 4 is 24.2 Å². The average molecular weight is 568 g/mol. The van der Waals surface area contributed by atoms with Crippen LogP contribution >= 0.6 is 0 Å². The normalized spacial score (nSPS) is 13.8. The first-order valence-electron chi connectivity index (χ1n) is 13.5. The van der Waals surface area contributed by atoms with Crippen LogP contribution in [0.3, 0.4) is 0 Å². The van der Waals surface area contributed by atoms with Crippen LogP contribution in [0.25, 0.3) is 0 Å². The molecule has 0 heterocycles. The van der Waals surface area contributed by atoms with Gasteiger partial charge in [-0.25, -0.2) is 9.59 Å². The fraction of sp³-hybridized carbons (Fsp3) is 0.655. The van der Waals surface area contributed by atoms with Crippen LogP contribution in [0.15, 0.2) is 18.2 Å². The van der Waals surface area contributed by atoms with Crippen molar-refractivity contribution in [2.45, 2.75) is 124 Å². The maximum Gasteiger partial charge on any atom is 0.514 e. The number of carbonyl (C=O) groups excluding carboxylic acids is 4. The van der Waals surface area contributed by atoms with Crippen LogP contribution in [0.2, 0.25) is 0 Å². The molecule has 0 unspecified atom stereocenters. The molecule has 11 nitrogen and oxygen atoms in total. The van der Waals surface area contributed by atoms with Gasteiger partial charge in [0.05, 0.1) is 0 Å². The molecule has 0 radical (unpaired) electrons. The molecule has 2 N–H and O–H groups in total. The molecule has 0 spiro atoms. The lowest BCUT2D eigenvalue weighted by molar-refractivity contribution is -0.166. The summed E-state index contributed by atoms with van der Waals surface area (Å²) >= 11 is 0. The van der Waals surface area contributed by atoms with Crippen LogP contribution in [0.1, 0.15) is 93.6 Å². The zero-order valence-corrected chi connectivity index (χ0v) is 25.2. The lowest BCUT2D eigenvalue weighted by atomic mass is 10.1. The summed E-state index contributed by atoms with van der Waals surface area (Å²) in [5, 5.41) is 0. The topological polar surface area (TPSA) is 150 Å². The van der Waals surface area contributed by atoms with Crippen LogP contribution in [0, 0.1) is 0 Å². The fourth-order valence-corrected chi connectivity index (χ4v) is 3.15. The lowest BCUT2D eigenvalue weighted by Gasteiger charge is -2.23. The number of ether oxygens (including phenoxy) is 6. The molecule has 0 aliphatic rings. The van der Waals surface area contributed by atoms with Crippen LogP contribution in [-0.2, 0) is 35.0 Å². The average Bonchev–Trinajstić information content (AvgIpc) is 2.78. The zero-order valence-electron chi connectivity index (χ0n) is 25.2. The van der Waals surface area contributed by atoms with Gasteiger partial charge in [0, 0.05) is 6.42 Å². The Morgan fingerprint density at radius 3 is 1.85 bits per heavy atom. The fourth-order valence-electron chi connectivity index (χ4n) is 3.15. The smallest absolute Gasteiger partial charge is 0.459 e. The molecule has 1 aromatic carbocycles. The number of nitrogens with two attached hydrogens (primary N) is 1. The highest BCUT2D eigenvalue weighted by atomic mass is 16.8. The molecule has 0 saturated heterocycles. The molecule has 0 aliphatic carbocycles. The molecule has 11 heteroatoms. The number of esters is 2. The van der Waals surface area contributed by atoms with Gasteiger partial charge in [-0.3, -0.25) is 9.59 Å². The molecular weight excluding hydrogens is 522 g/mol. The third kappa shape index (κ3) is 14.2. The van der Waals surface area contributed by atoms with E-state index in [9.17, 15) is 19.2 Å². The van der Waals surface area contributed by atoms with E-state index >= 15 is 0 Å². The Kier molecular flexibility index (Phi) is 13.4. The van der Waals surface area contributed by atoms with E-state index in [4.69, 9.17) is 34.2 Å². The minimum Gasteiger partial charge on any atom is -0.459 e. The number of rotatable bonds is 12. The van der Waals surface area contributed by atoms with Crippen molar-refractivity contribution in [1.29, 1.82) is 0 Å². The molecule has 0 fully saturated rings. The van der Waals surface area contributed by atoms with Crippen molar-refractivity contribution in [3.8, 4) is 11.5 Å². The lowest BCUT2D eigenvalue weighted by Crippen LogP contribution is -2.39. The number of hydrogen-bond acceptors (Lipinski definition) is 11. The van der Waals surface area contributed by atoms with Gasteiger partial charge in [0.1, 0.15) is 29.5 Å². The number of hydrogen-bond donors (Lipinski definition) is 1. The third-order valence-electron chi connectivity index (χ3n) is 5.20. The van der Waals surface area contributed by atoms with Gasteiger partial charge in [0.2, 0.25) is 0 Å². The molecule has 40 heavy (non-hydrogen) atoms. The van der Waals surface area contributed by atoms with E-state index in [0.717, 1.165) is 19.3 Å². The highest BCUT2D eigenvalue weighted by Crippen LogP contribution is 2.31. The highest BCUT2D eigenvalue weighted by Gasteiger charge is 2.26. The molecule has 0 bridgehead atoms. The molecule has 0 saturated carbocycles. The molecule has 1 rings (SSSR count). The monoisotopic (exact) mass is 567 g/mol. The number of benzene rings is 1. The first kappa shape index (κ1) is 34.7. The van der Waals surface area contributed by atoms with E-state index in [1.54, 1.807) is 61.5 Å². The Hall–Kier alpha value is -3.34. The molecule has 3 atom stereocenters. The minimum absolute atomic E-state index is 0.00807. The Morgan fingerprint density at radius 2 is 1.32 bits per heavy atom. The summed E-state index contributed by atoms with van der Waals surface area (Å²) in [4.78, 5) is 49.1. The predicted octanol–water partition coefficient (Wildman–Crippen LogP) is 5.63. The number of carbonyl (C=O) groups is 4. The molecular formula is C29H45NO10. The Labute approximate surface area is 236 Å². The molecule has 0 aliphatic heterocycles. The van der Waals surface area contributed by atoms with Crippen molar-refractivity contribution in [2.24, 2.45) is 5.73 Å². The summed E-state index contributed by atoms with van der Waals surface area (Å²) in [6.45, 7) is 15.3. The van der Waals surface area contributed by atoms with E-state index in [1.807, 2.05) is 6.92 Å². The van der Waals surface area contributed by atoms with Gasteiger partial charge < -0.3 is 34.2 Å². The standard InChI is InChI=1S/C29H45NO10/c1-10-11-12-13-24(31)35-18(2)19(3)36-25(32)21(30)16-20-14-15-22(37-26(33)39-28(4,5)6)23(17-20)38-27(34)40-29(7,8)9/h14-15,17-19,21H,10-13,16,30H2,1-9H3/t18-,19-,21-/m0/s1. The van der Waals surface area contributed by atoms with Gasteiger partial charge in [-0.05, 0) is 85.9 Å².